The van der Waals surface area contributed by atoms with Crippen LogP contribution in [0.2, 0.25) is 0 Å². The molecule has 0 amide bonds. The normalized spacial score (nSPS) is 16.8. The van der Waals surface area contributed by atoms with Gasteiger partial charge in [0.25, 0.3) is 0 Å². The van der Waals surface area contributed by atoms with Gasteiger partial charge in [0.05, 0.1) is 5.75 Å². The lowest BCUT2D eigenvalue weighted by atomic mass is 9.88. The maximum atomic E-state index is 10.5. The predicted molar refractivity (Wildman–Crippen MR) is 76.6 cm³/mol. The van der Waals surface area contributed by atoms with Crippen molar-refractivity contribution in [2.45, 2.75) is 59.1 Å². The average molecular weight is 260 g/mol. The summed E-state index contributed by atoms with van der Waals surface area (Å²) in [4.78, 5) is 10.5. The fraction of sp³-hybridized carbons (Fsp3) is 0.929. The zero-order valence-electron chi connectivity index (χ0n) is 11.9. The smallest absolute Gasteiger partial charge is 0.313 e. The van der Waals surface area contributed by atoms with Crippen LogP contribution < -0.4 is 0 Å². The first-order chi connectivity index (χ1) is 7.81. The highest BCUT2D eigenvalue weighted by Gasteiger charge is 2.14. The van der Waals surface area contributed by atoms with E-state index in [-0.39, 0.29) is 5.75 Å². The topological polar surface area (TPSA) is 37.3 Å². The molecule has 0 radical (unpaired) electrons. The maximum absolute atomic E-state index is 10.5. The van der Waals surface area contributed by atoms with Crippen LogP contribution in [-0.4, -0.2) is 22.1 Å². The van der Waals surface area contributed by atoms with E-state index < -0.39 is 5.97 Å². The van der Waals surface area contributed by atoms with Gasteiger partial charge in [-0.3, -0.25) is 4.79 Å². The van der Waals surface area contributed by atoms with Crippen molar-refractivity contribution in [2.24, 2.45) is 17.8 Å². The third kappa shape index (κ3) is 10.7. The monoisotopic (exact) mass is 260 g/mol. The van der Waals surface area contributed by atoms with Crippen LogP contribution in [0.4, 0.5) is 0 Å². The molecule has 0 aromatic heterocycles. The van der Waals surface area contributed by atoms with E-state index in [1.54, 1.807) is 11.8 Å². The summed E-state index contributed by atoms with van der Waals surface area (Å²) in [6, 6.07) is 0. The molecule has 102 valence electrons. The van der Waals surface area contributed by atoms with Crippen molar-refractivity contribution < 1.29 is 9.90 Å². The van der Waals surface area contributed by atoms with Crippen molar-refractivity contribution in [1.82, 2.24) is 0 Å². The number of carboxylic acids is 1. The first-order valence-corrected chi connectivity index (χ1v) is 7.69. The van der Waals surface area contributed by atoms with Gasteiger partial charge < -0.3 is 5.11 Å². The van der Waals surface area contributed by atoms with E-state index in [1.807, 2.05) is 0 Å². The quantitative estimate of drug-likeness (QED) is 0.672. The molecule has 0 aliphatic carbocycles. The molecule has 0 saturated heterocycles. The van der Waals surface area contributed by atoms with E-state index in [2.05, 4.69) is 34.6 Å². The molecule has 0 spiro atoms. The Morgan fingerprint density at radius 2 is 1.53 bits per heavy atom. The Morgan fingerprint density at radius 1 is 1.00 bits per heavy atom. The van der Waals surface area contributed by atoms with E-state index in [9.17, 15) is 4.79 Å². The molecule has 0 saturated carbocycles. The van der Waals surface area contributed by atoms with E-state index in [0.29, 0.717) is 11.2 Å². The lowest BCUT2D eigenvalue weighted by Gasteiger charge is -2.21. The number of carboxylic acid groups (broad SMARTS) is 1. The number of thioether (sulfide) groups is 1. The summed E-state index contributed by atoms with van der Waals surface area (Å²) >= 11 is 1.55. The molecular formula is C14H28O2S. The van der Waals surface area contributed by atoms with Gasteiger partial charge in [-0.05, 0) is 37.0 Å². The van der Waals surface area contributed by atoms with Crippen LogP contribution in [0.15, 0.2) is 0 Å². The molecular weight excluding hydrogens is 232 g/mol. The Morgan fingerprint density at radius 3 is 2.00 bits per heavy atom. The minimum Gasteiger partial charge on any atom is -0.481 e. The molecule has 17 heavy (non-hydrogen) atoms. The summed E-state index contributed by atoms with van der Waals surface area (Å²) in [7, 11) is 0. The van der Waals surface area contributed by atoms with Crippen molar-refractivity contribution in [1.29, 1.82) is 0 Å². The Kier molecular flexibility index (Phi) is 8.75. The van der Waals surface area contributed by atoms with Crippen molar-refractivity contribution >= 4 is 17.7 Å². The van der Waals surface area contributed by atoms with E-state index >= 15 is 0 Å². The molecule has 0 aromatic rings. The molecule has 3 heteroatoms. The second-order valence-electron chi connectivity index (χ2n) is 5.83. The molecule has 3 atom stereocenters. The molecule has 3 unspecified atom stereocenters. The molecule has 0 aliphatic heterocycles. The zero-order chi connectivity index (χ0) is 13.4. The largest absolute Gasteiger partial charge is 0.481 e. The highest BCUT2D eigenvalue weighted by molar-refractivity contribution is 8.00. The lowest BCUT2D eigenvalue weighted by molar-refractivity contribution is -0.133. The van der Waals surface area contributed by atoms with Gasteiger partial charge in [0.1, 0.15) is 0 Å². The van der Waals surface area contributed by atoms with Gasteiger partial charge in [0, 0.05) is 5.25 Å². The van der Waals surface area contributed by atoms with Gasteiger partial charge in [0.15, 0.2) is 0 Å². The maximum Gasteiger partial charge on any atom is 0.313 e. The Bertz CT molecular complexity index is 216. The van der Waals surface area contributed by atoms with E-state index in [4.69, 9.17) is 5.11 Å². The van der Waals surface area contributed by atoms with E-state index in [0.717, 1.165) is 18.3 Å². The molecule has 2 nitrogen and oxygen atoms in total. The summed E-state index contributed by atoms with van der Waals surface area (Å²) < 4.78 is 0. The molecule has 0 aromatic carbocycles. The van der Waals surface area contributed by atoms with Crippen LogP contribution >= 0.6 is 11.8 Å². The molecule has 0 bridgehead atoms. The van der Waals surface area contributed by atoms with Crippen LogP contribution in [0, 0.1) is 17.8 Å². The molecule has 0 aliphatic rings. The van der Waals surface area contributed by atoms with Crippen molar-refractivity contribution in [3.8, 4) is 0 Å². The summed E-state index contributed by atoms with van der Waals surface area (Å²) in [5, 5.41) is 9.07. The fourth-order valence-corrected chi connectivity index (χ4v) is 3.42. The molecule has 0 rings (SSSR count). The second kappa shape index (κ2) is 8.84. The highest BCUT2D eigenvalue weighted by atomic mass is 32.2. The average Bonchev–Trinajstić information content (AvgIpc) is 2.12. The minimum atomic E-state index is -0.706. The fourth-order valence-electron chi connectivity index (χ4n) is 2.53. The van der Waals surface area contributed by atoms with Crippen LogP contribution in [-0.2, 0) is 4.79 Å². The Hall–Kier alpha value is -0.180. The van der Waals surface area contributed by atoms with Gasteiger partial charge in [-0.15, -0.1) is 11.8 Å². The van der Waals surface area contributed by atoms with Crippen molar-refractivity contribution in [2.75, 3.05) is 5.75 Å². The Balaban J connectivity index is 3.76. The lowest BCUT2D eigenvalue weighted by Crippen LogP contribution is -2.12. The SMILES string of the molecule is CC(C)CC(C)CC(C)CC(C)SCC(=O)O. The second-order valence-corrected chi connectivity index (χ2v) is 7.25. The van der Waals surface area contributed by atoms with Gasteiger partial charge in [0.2, 0.25) is 0 Å². The van der Waals surface area contributed by atoms with Crippen LogP contribution in [0.25, 0.3) is 0 Å². The number of hydrogen-bond donors (Lipinski definition) is 1. The highest BCUT2D eigenvalue weighted by Crippen LogP contribution is 2.25. The predicted octanol–water partition coefficient (Wildman–Crippen LogP) is 4.29. The summed E-state index contributed by atoms with van der Waals surface area (Å²) in [5.41, 5.74) is 0. The van der Waals surface area contributed by atoms with Gasteiger partial charge >= 0.3 is 5.97 Å². The van der Waals surface area contributed by atoms with Crippen LogP contribution in [0.1, 0.15) is 53.9 Å². The first kappa shape index (κ1) is 16.8. The molecule has 0 fully saturated rings. The van der Waals surface area contributed by atoms with E-state index in [1.165, 1.54) is 12.8 Å². The van der Waals surface area contributed by atoms with Gasteiger partial charge in [-0.2, -0.15) is 0 Å². The molecule has 1 N–H and O–H groups in total. The van der Waals surface area contributed by atoms with Crippen molar-refractivity contribution in [3.63, 3.8) is 0 Å². The van der Waals surface area contributed by atoms with Crippen LogP contribution in [0.5, 0.6) is 0 Å². The van der Waals surface area contributed by atoms with Crippen molar-refractivity contribution in [3.05, 3.63) is 0 Å². The molecule has 0 heterocycles. The number of aliphatic carboxylic acids is 1. The summed E-state index contributed by atoms with van der Waals surface area (Å²) in [6.07, 6.45) is 3.68. The number of rotatable bonds is 9. The number of carbonyl (C=O) groups is 1. The third-order valence-corrected chi connectivity index (χ3v) is 4.08. The third-order valence-electron chi connectivity index (χ3n) is 2.90. The first-order valence-electron chi connectivity index (χ1n) is 6.64. The standard InChI is InChI=1S/C14H28O2S/c1-10(2)6-11(3)7-12(4)8-13(5)17-9-14(15)16/h10-13H,6-9H2,1-5H3,(H,15,16). The minimum absolute atomic E-state index is 0.232. The van der Waals surface area contributed by atoms with Gasteiger partial charge in [-0.1, -0.05) is 34.6 Å². The van der Waals surface area contributed by atoms with Gasteiger partial charge in [-0.25, -0.2) is 0 Å². The zero-order valence-corrected chi connectivity index (χ0v) is 12.7. The summed E-state index contributed by atoms with van der Waals surface area (Å²) in [5.74, 6) is 1.77. The summed E-state index contributed by atoms with van der Waals surface area (Å²) in [6.45, 7) is 11.3. The Labute approximate surface area is 111 Å². The number of hydrogen-bond acceptors (Lipinski definition) is 2. The van der Waals surface area contributed by atoms with Crippen LogP contribution in [0.3, 0.4) is 0 Å².